The molecule has 3 heterocycles. The number of rotatable bonds is 17. The Morgan fingerprint density at radius 1 is 0.848 bits per heavy atom. The monoisotopic (exact) mass is 914 g/mol. The number of fused-ring (bicyclic) bond motifs is 2. The van der Waals surface area contributed by atoms with Crippen LogP contribution in [0.2, 0.25) is 0 Å². The number of para-hydroxylation sites is 1. The van der Waals surface area contributed by atoms with Gasteiger partial charge in [-0.25, -0.2) is 24.4 Å². The maximum Gasteiger partial charge on any atom is 0.415 e. The van der Waals surface area contributed by atoms with E-state index in [1.807, 2.05) is 95.4 Å². The Labute approximate surface area is 390 Å². The minimum absolute atomic E-state index is 0.0177. The maximum absolute atomic E-state index is 13.6. The van der Waals surface area contributed by atoms with Gasteiger partial charge < -0.3 is 48.5 Å². The lowest BCUT2D eigenvalue weighted by atomic mass is 10.0. The summed E-state index contributed by atoms with van der Waals surface area (Å²) < 4.78 is 38.5. The first-order valence-corrected chi connectivity index (χ1v) is 23.0. The molecule has 4 aromatic rings. The van der Waals surface area contributed by atoms with Gasteiger partial charge >= 0.3 is 18.2 Å². The zero-order valence-corrected chi connectivity index (χ0v) is 40.9. The normalized spacial score (nSPS) is 19.9. The molecule has 2 aromatic heterocycles. The third-order valence-corrected chi connectivity index (χ3v) is 11.0. The van der Waals surface area contributed by atoms with Crippen LogP contribution in [0.3, 0.4) is 0 Å². The van der Waals surface area contributed by atoms with Crippen molar-refractivity contribution in [3.8, 4) is 11.5 Å². The quantitative estimate of drug-likeness (QED) is 0.0587. The summed E-state index contributed by atoms with van der Waals surface area (Å²) in [6.07, 6.45) is 3.49. The summed E-state index contributed by atoms with van der Waals surface area (Å²) in [5, 5.41) is 7.11. The van der Waals surface area contributed by atoms with Crippen LogP contribution >= 0.6 is 0 Å². The number of nitrogens with one attached hydrogen (secondary N) is 2. The Balaban J connectivity index is 1.20. The molecule has 6 rings (SSSR count). The van der Waals surface area contributed by atoms with Crippen LogP contribution in [-0.2, 0) is 35.0 Å². The molecule has 1 aliphatic carbocycles. The second-order valence-corrected chi connectivity index (χ2v) is 20.7. The first-order valence-electron chi connectivity index (χ1n) is 23.0. The van der Waals surface area contributed by atoms with Gasteiger partial charge in [0, 0.05) is 38.8 Å². The summed E-state index contributed by atoms with van der Waals surface area (Å²) in [7, 11) is 1.64. The molecule has 2 aliphatic rings. The number of hydrogen-bond acceptors (Lipinski definition) is 13. The summed E-state index contributed by atoms with van der Waals surface area (Å²) >= 11 is 0. The fourth-order valence-corrected chi connectivity index (χ4v) is 8.43. The molecule has 2 fully saturated rings. The predicted octanol–water partition coefficient (Wildman–Crippen LogP) is 8.78. The van der Waals surface area contributed by atoms with Gasteiger partial charge in [0.1, 0.15) is 52.4 Å². The van der Waals surface area contributed by atoms with Crippen LogP contribution in [0.5, 0.6) is 11.5 Å². The van der Waals surface area contributed by atoms with E-state index in [9.17, 15) is 14.4 Å². The lowest BCUT2D eigenvalue weighted by molar-refractivity contribution is -0.161. The third kappa shape index (κ3) is 14.1. The number of benzene rings is 2. The van der Waals surface area contributed by atoms with E-state index in [0.717, 1.165) is 30.0 Å². The number of nitrogens with zero attached hydrogens (tertiary/aromatic N) is 5. The summed E-state index contributed by atoms with van der Waals surface area (Å²) in [5.41, 5.74) is -0.420. The molecule has 1 saturated carbocycles. The van der Waals surface area contributed by atoms with E-state index >= 15 is 0 Å². The molecule has 16 nitrogen and oxygen atoms in total. The molecule has 66 heavy (non-hydrogen) atoms. The van der Waals surface area contributed by atoms with Crippen LogP contribution in [0.4, 0.5) is 15.4 Å². The van der Waals surface area contributed by atoms with Crippen molar-refractivity contribution < 1.29 is 42.8 Å². The molecule has 1 saturated heterocycles. The van der Waals surface area contributed by atoms with Crippen LogP contribution in [0.25, 0.3) is 11.0 Å². The van der Waals surface area contributed by atoms with E-state index in [4.69, 9.17) is 33.4 Å². The molecule has 2 aromatic carbocycles. The van der Waals surface area contributed by atoms with Crippen molar-refractivity contribution in [2.75, 3.05) is 38.1 Å². The standard InChI is InChI=1S/C50H71N7O9/c1-47(2,3)64-44(58)38(54-45(59)65-48(4,5)6)23-26-56(25-17-24-51-30-33-18-16-21-36(28-33)61-35-19-14-13-15-20-35)31-34-29-39(41-40(34)62-50(10,11)63-41)57-27-22-37-42(52-32-53-43(37)57)55(12)46(60)66-49(7,8)9/h13-16,18-22,27-28,32,34,38-41,51H,17,23-26,29-31H2,1-12H3,(H,54,59)/t34-,38+,39-,40-,41+/m1/s1. The number of carbonyl (C=O) groups is 3. The average molecular weight is 914 g/mol. The smallest absolute Gasteiger partial charge is 0.415 e. The molecule has 1 aliphatic heterocycles. The molecule has 2 amide bonds. The topological polar surface area (TPSA) is 168 Å². The third-order valence-electron chi connectivity index (χ3n) is 11.0. The molecule has 0 spiro atoms. The fraction of sp³-hybridized carbons (Fsp3) is 0.580. The molecule has 2 N–H and O–H groups in total. The van der Waals surface area contributed by atoms with Crippen LogP contribution in [0.15, 0.2) is 73.2 Å². The van der Waals surface area contributed by atoms with Crippen molar-refractivity contribution in [3.05, 3.63) is 78.8 Å². The van der Waals surface area contributed by atoms with E-state index in [-0.39, 0.29) is 30.6 Å². The van der Waals surface area contributed by atoms with Crippen molar-refractivity contribution in [2.24, 2.45) is 5.92 Å². The van der Waals surface area contributed by atoms with Crippen LogP contribution in [0, 0.1) is 5.92 Å². The van der Waals surface area contributed by atoms with E-state index in [0.29, 0.717) is 49.5 Å². The van der Waals surface area contributed by atoms with E-state index in [1.54, 1.807) is 48.6 Å². The van der Waals surface area contributed by atoms with Gasteiger partial charge in [-0.05, 0) is 144 Å². The van der Waals surface area contributed by atoms with Gasteiger partial charge in [-0.15, -0.1) is 0 Å². The van der Waals surface area contributed by atoms with Crippen molar-refractivity contribution in [2.45, 2.75) is 149 Å². The number of alkyl carbamates (subject to hydrolysis) is 1. The average Bonchev–Trinajstić information content (AvgIpc) is 3.88. The zero-order valence-electron chi connectivity index (χ0n) is 40.9. The highest BCUT2D eigenvalue weighted by Crippen LogP contribution is 2.48. The van der Waals surface area contributed by atoms with Gasteiger partial charge in [-0.1, -0.05) is 30.3 Å². The number of ether oxygens (including phenoxy) is 6. The number of hydrogen-bond donors (Lipinski definition) is 2. The highest BCUT2D eigenvalue weighted by Gasteiger charge is 2.55. The predicted molar refractivity (Wildman–Crippen MR) is 252 cm³/mol. The number of aromatic nitrogens is 3. The summed E-state index contributed by atoms with van der Waals surface area (Å²) in [5.74, 6) is 0.656. The van der Waals surface area contributed by atoms with Gasteiger partial charge in [0.2, 0.25) is 0 Å². The van der Waals surface area contributed by atoms with Crippen LogP contribution in [-0.4, -0.2) is 112 Å². The SMILES string of the molecule is CN(C(=O)OC(C)(C)C)c1ncnc2c1ccn2[C@@H]1C[C@H](CN(CCCNCc2cccc(Oc3ccccc3)c2)CC[C@H](NC(=O)OC(C)(C)C)C(=O)OC(C)(C)C)[C@H]2OC(C)(C)O[C@H]21. The van der Waals surface area contributed by atoms with Crippen molar-refractivity contribution in [1.82, 2.24) is 30.1 Å². The summed E-state index contributed by atoms with van der Waals surface area (Å²) in [6, 6.07) is 18.6. The molecule has 5 atom stereocenters. The van der Waals surface area contributed by atoms with Crippen molar-refractivity contribution >= 4 is 35.0 Å². The molecule has 0 unspecified atom stereocenters. The maximum atomic E-state index is 13.6. The molecule has 0 bridgehead atoms. The highest BCUT2D eigenvalue weighted by molar-refractivity contribution is 5.97. The molecular formula is C50H71N7O9. The lowest BCUT2D eigenvalue weighted by Crippen LogP contribution is -2.48. The Morgan fingerprint density at radius 3 is 2.23 bits per heavy atom. The van der Waals surface area contributed by atoms with Gasteiger partial charge in [0.15, 0.2) is 11.6 Å². The van der Waals surface area contributed by atoms with E-state index < -0.39 is 46.8 Å². The van der Waals surface area contributed by atoms with Crippen molar-refractivity contribution in [1.29, 1.82) is 0 Å². The number of carbonyl (C=O) groups excluding carboxylic acids is 3. The Morgan fingerprint density at radius 2 is 1.53 bits per heavy atom. The molecular weight excluding hydrogens is 843 g/mol. The van der Waals surface area contributed by atoms with Crippen LogP contribution < -0.4 is 20.3 Å². The van der Waals surface area contributed by atoms with Gasteiger partial charge in [-0.3, -0.25) is 4.90 Å². The fourth-order valence-electron chi connectivity index (χ4n) is 8.43. The van der Waals surface area contributed by atoms with Crippen molar-refractivity contribution in [3.63, 3.8) is 0 Å². The Kier molecular flexibility index (Phi) is 15.7. The van der Waals surface area contributed by atoms with Gasteiger partial charge in [0.25, 0.3) is 0 Å². The zero-order chi connectivity index (χ0) is 48.0. The first kappa shape index (κ1) is 50.1. The molecule has 360 valence electrons. The van der Waals surface area contributed by atoms with Crippen LogP contribution in [0.1, 0.15) is 107 Å². The summed E-state index contributed by atoms with van der Waals surface area (Å²) in [4.78, 5) is 52.8. The van der Waals surface area contributed by atoms with E-state index in [1.165, 1.54) is 11.2 Å². The minimum Gasteiger partial charge on any atom is -0.458 e. The van der Waals surface area contributed by atoms with Gasteiger partial charge in [0.05, 0.1) is 17.5 Å². The molecule has 0 radical (unpaired) electrons. The molecule has 16 heteroatoms. The second kappa shape index (κ2) is 20.7. The number of esters is 1. The Bertz CT molecular complexity index is 2260. The van der Waals surface area contributed by atoms with Gasteiger partial charge in [-0.2, -0.15) is 0 Å². The second-order valence-electron chi connectivity index (χ2n) is 20.7. The van der Waals surface area contributed by atoms with E-state index in [2.05, 4.69) is 31.2 Å². The largest absolute Gasteiger partial charge is 0.458 e. The summed E-state index contributed by atoms with van der Waals surface area (Å²) in [6.45, 7) is 23.3. The lowest BCUT2D eigenvalue weighted by Gasteiger charge is -2.31. The first-order chi connectivity index (χ1) is 30.9. The number of amides is 2. The Hall–Kier alpha value is -5.29. The number of anilines is 1. The highest BCUT2D eigenvalue weighted by atomic mass is 16.8. The minimum atomic E-state index is -0.946.